The molecule has 0 saturated heterocycles. The van der Waals surface area contributed by atoms with Crippen molar-refractivity contribution in [1.82, 2.24) is 15.3 Å². The predicted octanol–water partition coefficient (Wildman–Crippen LogP) is 1.55. The SMILES string of the molecule is COCCOCCc1nc(C)c(CNC2CC2)c(C)n1. The summed E-state index contributed by atoms with van der Waals surface area (Å²) in [6, 6.07) is 0.711. The van der Waals surface area contributed by atoms with Crippen LogP contribution in [-0.4, -0.2) is 42.9 Å². The minimum atomic E-state index is 0.623. The number of methoxy groups -OCH3 is 1. The van der Waals surface area contributed by atoms with Crippen molar-refractivity contribution in [3.05, 3.63) is 22.8 Å². The molecular weight excluding hydrogens is 254 g/mol. The van der Waals surface area contributed by atoms with Gasteiger partial charge < -0.3 is 14.8 Å². The zero-order chi connectivity index (χ0) is 14.4. The Morgan fingerprint density at radius 3 is 2.40 bits per heavy atom. The second-order valence-corrected chi connectivity index (χ2v) is 5.30. The largest absolute Gasteiger partial charge is 0.382 e. The van der Waals surface area contributed by atoms with Gasteiger partial charge in [0.05, 0.1) is 19.8 Å². The lowest BCUT2D eigenvalue weighted by molar-refractivity contribution is 0.0716. The highest BCUT2D eigenvalue weighted by Crippen LogP contribution is 2.20. The van der Waals surface area contributed by atoms with Crippen LogP contribution in [0.3, 0.4) is 0 Å². The van der Waals surface area contributed by atoms with E-state index in [1.54, 1.807) is 7.11 Å². The van der Waals surface area contributed by atoms with Crippen LogP contribution in [0.1, 0.15) is 35.6 Å². The summed E-state index contributed by atoms with van der Waals surface area (Å²) in [5.74, 6) is 0.868. The van der Waals surface area contributed by atoms with E-state index in [0.29, 0.717) is 25.9 Å². The third kappa shape index (κ3) is 4.81. The van der Waals surface area contributed by atoms with Gasteiger partial charge in [0, 0.05) is 43.1 Å². The number of ether oxygens (including phenoxy) is 2. The Bertz CT molecular complexity index is 410. The molecule has 1 aliphatic rings. The highest BCUT2D eigenvalue weighted by atomic mass is 16.5. The monoisotopic (exact) mass is 279 g/mol. The van der Waals surface area contributed by atoms with Crippen molar-refractivity contribution >= 4 is 0 Å². The van der Waals surface area contributed by atoms with Gasteiger partial charge in [0.25, 0.3) is 0 Å². The molecule has 0 aromatic carbocycles. The van der Waals surface area contributed by atoms with Gasteiger partial charge in [-0.15, -0.1) is 0 Å². The van der Waals surface area contributed by atoms with Gasteiger partial charge in [-0.25, -0.2) is 9.97 Å². The van der Waals surface area contributed by atoms with Crippen LogP contribution in [0.5, 0.6) is 0 Å². The summed E-state index contributed by atoms with van der Waals surface area (Å²) >= 11 is 0. The van der Waals surface area contributed by atoms with Crippen LogP contribution in [0, 0.1) is 13.8 Å². The Kier molecular flexibility index (Phi) is 5.88. The second kappa shape index (κ2) is 7.67. The Hall–Kier alpha value is -1.04. The van der Waals surface area contributed by atoms with E-state index in [9.17, 15) is 0 Å². The van der Waals surface area contributed by atoms with Crippen molar-refractivity contribution in [2.45, 2.75) is 45.7 Å². The van der Waals surface area contributed by atoms with Crippen molar-refractivity contribution < 1.29 is 9.47 Å². The molecule has 112 valence electrons. The fourth-order valence-electron chi connectivity index (χ4n) is 2.12. The van der Waals surface area contributed by atoms with Gasteiger partial charge in [-0.1, -0.05) is 0 Å². The summed E-state index contributed by atoms with van der Waals surface area (Å²) in [6.45, 7) is 6.90. The van der Waals surface area contributed by atoms with Crippen molar-refractivity contribution in [3.63, 3.8) is 0 Å². The molecule has 0 aliphatic heterocycles. The molecule has 0 spiro atoms. The molecule has 0 atom stereocenters. The number of aryl methyl sites for hydroxylation is 2. The molecule has 1 aliphatic carbocycles. The summed E-state index contributed by atoms with van der Waals surface area (Å²) in [7, 11) is 1.67. The average molecular weight is 279 g/mol. The first-order valence-electron chi connectivity index (χ1n) is 7.33. The second-order valence-electron chi connectivity index (χ2n) is 5.30. The molecule has 1 N–H and O–H groups in total. The van der Waals surface area contributed by atoms with Crippen molar-refractivity contribution in [3.8, 4) is 0 Å². The van der Waals surface area contributed by atoms with Crippen LogP contribution in [0.15, 0.2) is 0 Å². The van der Waals surface area contributed by atoms with Crippen LogP contribution >= 0.6 is 0 Å². The van der Waals surface area contributed by atoms with Gasteiger partial charge in [-0.3, -0.25) is 0 Å². The lowest BCUT2D eigenvalue weighted by Gasteiger charge is -2.11. The molecule has 1 aromatic rings. The highest BCUT2D eigenvalue weighted by Gasteiger charge is 2.21. The molecule has 0 unspecified atom stereocenters. The average Bonchev–Trinajstić information content (AvgIpc) is 3.21. The lowest BCUT2D eigenvalue weighted by Crippen LogP contribution is -2.19. The molecule has 1 fully saturated rings. The summed E-state index contributed by atoms with van der Waals surface area (Å²) in [5, 5.41) is 3.52. The number of hydrogen-bond donors (Lipinski definition) is 1. The molecule has 2 rings (SSSR count). The molecule has 1 aromatic heterocycles. The van der Waals surface area contributed by atoms with Gasteiger partial charge in [0.2, 0.25) is 0 Å². The smallest absolute Gasteiger partial charge is 0.131 e. The Morgan fingerprint density at radius 1 is 1.10 bits per heavy atom. The van der Waals surface area contributed by atoms with Crippen molar-refractivity contribution in [2.75, 3.05) is 26.9 Å². The number of nitrogens with one attached hydrogen (secondary N) is 1. The van der Waals surface area contributed by atoms with Crippen LogP contribution in [0.2, 0.25) is 0 Å². The first kappa shape index (κ1) is 15.4. The minimum absolute atomic E-state index is 0.623. The molecular formula is C15H25N3O2. The van der Waals surface area contributed by atoms with Gasteiger partial charge in [0.1, 0.15) is 5.82 Å². The van der Waals surface area contributed by atoms with Crippen molar-refractivity contribution in [1.29, 1.82) is 0 Å². The first-order chi connectivity index (χ1) is 9.70. The van der Waals surface area contributed by atoms with Gasteiger partial charge in [0.15, 0.2) is 0 Å². The van der Waals surface area contributed by atoms with Crippen LogP contribution in [0.4, 0.5) is 0 Å². The van der Waals surface area contributed by atoms with E-state index in [-0.39, 0.29) is 0 Å². The Labute approximate surface area is 121 Å². The predicted molar refractivity (Wildman–Crippen MR) is 77.8 cm³/mol. The van der Waals surface area contributed by atoms with E-state index in [2.05, 4.69) is 29.1 Å². The summed E-state index contributed by atoms with van der Waals surface area (Å²) in [6.07, 6.45) is 3.35. The van der Waals surface area contributed by atoms with E-state index < -0.39 is 0 Å². The molecule has 1 heterocycles. The van der Waals surface area contributed by atoms with E-state index in [1.807, 2.05) is 0 Å². The number of rotatable bonds is 9. The topological polar surface area (TPSA) is 56.3 Å². The lowest BCUT2D eigenvalue weighted by atomic mass is 10.1. The normalized spacial score (nSPS) is 14.8. The standard InChI is InChI=1S/C15H25N3O2/c1-11-14(10-16-13-4-5-13)12(2)18-15(17-11)6-7-20-9-8-19-3/h13,16H,4-10H2,1-3H3. The summed E-state index contributed by atoms with van der Waals surface area (Å²) in [5.41, 5.74) is 3.40. The number of nitrogens with zero attached hydrogens (tertiary/aromatic N) is 2. The van der Waals surface area contributed by atoms with Gasteiger partial charge in [-0.2, -0.15) is 0 Å². The zero-order valence-corrected chi connectivity index (χ0v) is 12.7. The van der Waals surface area contributed by atoms with E-state index in [0.717, 1.165) is 30.2 Å². The van der Waals surface area contributed by atoms with E-state index in [4.69, 9.17) is 9.47 Å². The number of aromatic nitrogens is 2. The molecule has 0 radical (unpaired) electrons. The molecule has 5 nitrogen and oxygen atoms in total. The quantitative estimate of drug-likeness (QED) is 0.695. The Balaban J connectivity index is 1.84. The third-order valence-electron chi connectivity index (χ3n) is 3.51. The highest BCUT2D eigenvalue weighted by molar-refractivity contribution is 5.24. The fraction of sp³-hybridized carbons (Fsp3) is 0.733. The van der Waals surface area contributed by atoms with Crippen LogP contribution in [-0.2, 0) is 22.4 Å². The Morgan fingerprint density at radius 2 is 1.80 bits per heavy atom. The van der Waals surface area contributed by atoms with E-state index >= 15 is 0 Å². The first-order valence-corrected chi connectivity index (χ1v) is 7.33. The van der Waals surface area contributed by atoms with Crippen molar-refractivity contribution in [2.24, 2.45) is 0 Å². The fourth-order valence-corrected chi connectivity index (χ4v) is 2.12. The molecule has 5 heteroatoms. The van der Waals surface area contributed by atoms with E-state index in [1.165, 1.54) is 18.4 Å². The zero-order valence-electron chi connectivity index (χ0n) is 12.7. The maximum absolute atomic E-state index is 5.46. The molecule has 0 bridgehead atoms. The molecule has 1 saturated carbocycles. The maximum Gasteiger partial charge on any atom is 0.131 e. The van der Waals surface area contributed by atoms with Crippen LogP contribution in [0.25, 0.3) is 0 Å². The third-order valence-corrected chi connectivity index (χ3v) is 3.51. The summed E-state index contributed by atoms with van der Waals surface area (Å²) < 4.78 is 10.4. The summed E-state index contributed by atoms with van der Waals surface area (Å²) in [4.78, 5) is 9.18. The molecule has 0 amide bonds. The molecule has 20 heavy (non-hydrogen) atoms. The van der Waals surface area contributed by atoms with Crippen LogP contribution < -0.4 is 5.32 Å². The maximum atomic E-state index is 5.46. The number of hydrogen-bond acceptors (Lipinski definition) is 5. The van der Waals surface area contributed by atoms with Gasteiger partial charge >= 0.3 is 0 Å². The van der Waals surface area contributed by atoms with Gasteiger partial charge in [-0.05, 0) is 26.7 Å². The minimum Gasteiger partial charge on any atom is -0.382 e.